The number of likely N-dealkylation sites (N-methyl/N-ethyl adjacent to an activating group) is 1. The zero-order valence-corrected chi connectivity index (χ0v) is 14.2. The van der Waals surface area contributed by atoms with Crippen LogP contribution in [0.25, 0.3) is 0 Å². The fourth-order valence-corrected chi connectivity index (χ4v) is 2.82. The summed E-state index contributed by atoms with van der Waals surface area (Å²) in [7, 11) is 2.12. The molecule has 2 aromatic rings. The number of hydrogen-bond donors (Lipinski definition) is 0. The van der Waals surface area contributed by atoms with Crippen molar-refractivity contribution >= 4 is 17.4 Å². The number of aromatic nitrogens is 2. The molecule has 0 N–H and O–H groups in total. The van der Waals surface area contributed by atoms with E-state index < -0.39 is 0 Å². The van der Waals surface area contributed by atoms with Crippen molar-refractivity contribution in [1.29, 1.82) is 0 Å². The minimum Gasteiger partial charge on any atom is -0.353 e. The van der Waals surface area contributed by atoms with E-state index in [4.69, 9.17) is 0 Å². The molecule has 0 radical (unpaired) electrons. The van der Waals surface area contributed by atoms with Crippen LogP contribution in [0.2, 0.25) is 0 Å². The van der Waals surface area contributed by atoms with E-state index in [-0.39, 0.29) is 5.91 Å². The van der Waals surface area contributed by atoms with Gasteiger partial charge in [-0.25, -0.2) is 9.97 Å². The van der Waals surface area contributed by atoms with Crippen LogP contribution in [-0.4, -0.2) is 60.5 Å². The minimum absolute atomic E-state index is 0.124. The molecule has 0 aliphatic carbocycles. The molecule has 0 atom stereocenters. The van der Waals surface area contributed by atoms with E-state index >= 15 is 0 Å². The summed E-state index contributed by atoms with van der Waals surface area (Å²) in [6.07, 6.45) is 3.29. The van der Waals surface area contributed by atoms with Gasteiger partial charge in [0.2, 0.25) is 0 Å². The lowest BCUT2D eigenvalue weighted by Gasteiger charge is -2.33. The Kier molecular flexibility index (Phi) is 5.05. The molecule has 3 rings (SSSR count). The summed E-state index contributed by atoms with van der Waals surface area (Å²) in [5.41, 5.74) is 1.24. The Bertz CT molecular complexity index is 666. The molecule has 0 saturated carbocycles. The molecule has 1 amide bonds. The van der Waals surface area contributed by atoms with Crippen molar-refractivity contribution in [3.8, 4) is 0 Å². The molecule has 1 aromatic carbocycles. The van der Waals surface area contributed by atoms with Crippen molar-refractivity contribution in [2.75, 3.05) is 49.6 Å². The lowest BCUT2D eigenvalue weighted by molar-refractivity contribution is 0.0983. The molecule has 1 aliphatic heterocycles. The standard InChI is InChI=1S/C18H23N5O/c1-3-23(15-7-5-4-6-8-15)18(24)16-13-20-17(14-19-16)22-11-9-21(2)10-12-22/h4-8,13-14H,3,9-12H2,1-2H3. The van der Waals surface area contributed by atoms with Gasteiger partial charge in [0.25, 0.3) is 5.91 Å². The quantitative estimate of drug-likeness (QED) is 0.859. The molecular formula is C18H23N5O. The lowest BCUT2D eigenvalue weighted by atomic mass is 10.2. The first kappa shape index (κ1) is 16.4. The highest BCUT2D eigenvalue weighted by molar-refractivity contribution is 6.04. The SMILES string of the molecule is CCN(C(=O)c1cnc(N2CCN(C)CC2)cn1)c1ccccc1. The number of carbonyl (C=O) groups excluding carboxylic acids is 1. The summed E-state index contributed by atoms with van der Waals surface area (Å²) < 4.78 is 0. The molecule has 126 valence electrons. The number of para-hydroxylation sites is 1. The molecule has 6 heteroatoms. The molecule has 24 heavy (non-hydrogen) atoms. The zero-order chi connectivity index (χ0) is 16.9. The van der Waals surface area contributed by atoms with Gasteiger partial charge in [0.05, 0.1) is 12.4 Å². The fourth-order valence-electron chi connectivity index (χ4n) is 2.82. The Morgan fingerprint density at radius 1 is 1.08 bits per heavy atom. The van der Waals surface area contributed by atoms with Gasteiger partial charge in [-0.2, -0.15) is 0 Å². The maximum Gasteiger partial charge on any atom is 0.278 e. The normalized spacial score (nSPS) is 15.3. The highest BCUT2D eigenvalue weighted by Gasteiger charge is 2.19. The van der Waals surface area contributed by atoms with E-state index in [1.54, 1.807) is 17.3 Å². The average molecular weight is 325 g/mol. The van der Waals surface area contributed by atoms with Crippen LogP contribution < -0.4 is 9.80 Å². The zero-order valence-electron chi connectivity index (χ0n) is 14.2. The van der Waals surface area contributed by atoms with Crippen LogP contribution in [0.1, 0.15) is 17.4 Å². The van der Waals surface area contributed by atoms with Crippen LogP contribution in [-0.2, 0) is 0 Å². The summed E-state index contributed by atoms with van der Waals surface area (Å²) in [5, 5.41) is 0. The average Bonchev–Trinajstić information content (AvgIpc) is 2.64. The van der Waals surface area contributed by atoms with Gasteiger partial charge in [-0.15, -0.1) is 0 Å². The molecule has 1 aliphatic rings. The van der Waals surface area contributed by atoms with Crippen LogP contribution in [0.4, 0.5) is 11.5 Å². The fraction of sp³-hybridized carbons (Fsp3) is 0.389. The predicted octanol–water partition coefficient (Wildman–Crippen LogP) is 1.90. The van der Waals surface area contributed by atoms with E-state index in [9.17, 15) is 4.79 Å². The van der Waals surface area contributed by atoms with Gasteiger partial charge in [0.15, 0.2) is 0 Å². The number of nitrogens with zero attached hydrogens (tertiary/aromatic N) is 5. The van der Waals surface area contributed by atoms with Gasteiger partial charge in [-0.05, 0) is 26.1 Å². The Labute approximate surface area is 142 Å². The summed E-state index contributed by atoms with van der Waals surface area (Å²) in [4.78, 5) is 27.7. The number of benzene rings is 1. The Morgan fingerprint density at radius 3 is 2.38 bits per heavy atom. The van der Waals surface area contributed by atoms with Crippen molar-refractivity contribution < 1.29 is 4.79 Å². The van der Waals surface area contributed by atoms with Gasteiger partial charge in [-0.3, -0.25) is 4.79 Å². The second-order valence-corrected chi connectivity index (χ2v) is 5.94. The smallest absolute Gasteiger partial charge is 0.278 e. The van der Waals surface area contributed by atoms with Crippen molar-refractivity contribution in [1.82, 2.24) is 14.9 Å². The third kappa shape index (κ3) is 3.54. The van der Waals surface area contributed by atoms with E-state index in [0.29, 0.717) is 12.2 Å². The van der Waals surface area contributed by atoms with Gasteiger partial charge in [-0.1, -0.05) is 18.2 Å². The molecule has 2 heterocycles. The van der Waals surface area contributed by atoms with Crippen LogP contribution >= 0.6 is 0 Å². The third-order valence-corrected chi connectivity index (χ3v) is 4.31. The molecule has 0 bridgehead atoms. The first-order valence-electron chi connectivity index (χ1n) is 8.31. The van der Waals surface area contributed by atoms with Crippen molar-refractivity contribution in [2.45, 2.75) is 6.92 Å². The number of piperazine rings is 1. The third-order valence-electron chi connectivity index (χ3n) is 4.31. The van der Waals surface area contributed by atoms with Crippen LogP contribution in [0.5, 0.6) is 0 Å². The summed E-state index contributed by atoms with van der Waals surface area (Å²) in [6.45, 7) is 6.44. The van der Waals surface area contributed by atoms with Crippen molar-refractivity contribution in [3.63, 3.8) is 0 Å². The summed E-state index contributed by atoms with van der Waals surface area (Å²) in [5.74, 6) is 0.712. The summed E-state index contributed by atoms with van der Waals surface area (Å²) in [6, 6.07) is 9.63. The van der Waals surface area contributed by atoms with E-state index in [0.717, 1.165) is 37.7 Å². The lowest BCUT2D eigenvalue weighted by Crippen LogP contribution is -2.44. The number of carbonyl (C=O) groups is 1. The van der Waals surface area contributed by atoms with E-state index in [2.05, 4.69) is 26.8 Å². The van der Waals surface area contributed by atoms with Crippen LogP contribution in [0.3, 0.4) is 0 Å². The second kappa shape index (κ2) is 7.40. The van der Waals surface area contributed by atoms with Crippen LogP contribution in [0, 0.1) is 0 Å². The number of rotatable bonds is 4. The first-order chi connectivity index (χ1) is 11.7. The maximum atomic E-state index is 12.7. The maximum absolute atomic E-state index is 12.7. The van der Waals surface area contributed by atoms with Crippen molar-refractivity contribution in [2.24, 2.45) is 0 Å². The molecule has 6 nitrogen and oxygen atoms in total. The minimum atomic E-state index is -0.124. The summed E-state index contributed by atoms with van der Waals surface area (Å²) >= 11 is 0. The van der Waals surface area contributed by atoms with Gasteiger partial charge < -0.3 is 14.7 Å². The highest BCUT2D eigenvalue weighted by Crippen LogP contribution is 2.17. The van der Waals surface area contributed by atoms with Gasteiger partial charge >= 0.3 is 0 Å². The Morgan fingerprint density at radius 2 is 1.79 bits per heavy atom. The number of anilines is 2. The molecule has 1 saturated heterocycles. The largest absolute Gasteiger partial charge is 0.353 e. The van der Waals surface area contributed by atoms with E-state index in [1.807, 2.05) is 37.3 Å². The number of amides is 1. The number of hydrogen-bond acceptors (Lipinski definition) is 5. The first-order valence-corrected chi connectivity index (χ1v) is 8.31. The van der Waals surface area contributed by atoms with Gasteiger partial charge in [0.1, 0.15) is 11.5 Å². The van der Waals surface area contributed by atoms with Crippen LogP contribution in [0.15, 0.2) is 42.7 Å². The highest BCUT2D eigenvalue weighted by atomic mass is 16.2. The molecule has 1 aromatic heterocycles. The molecule has 1 fully saturated rings. The topological polar surface area (TPSA) is 52.6 Å². The molecule has 0 unspecified atom stereocenters. The van der Waals surface area contributed by atoms with E-state index in [1.165, 1.54) is 0 Å². The molecule has 0 spiro atoms. The molecular weight excluding hydrogens is 302 g/mol. The Balaban J connectivity index is 1.73. The second-order valence-electron chi connectivity index (χ2n) is 5.94. The van der Waals surface area contributed by atoms with Gasteiger partial charge in [0, 0.05) is 38.4 Å². The Hall–Kier alpha value is -2.47. The predicted molar refractivity (Wildman–Crippen MR) is 95.5 cm³/mol. The monoisotopic (exact) mass is 325 g/mol. The van der Waals surface area contributed by atoms with Crippen molar-refractivity contribution in [3.05, 3.63) is 48.4 Å².